The smallest absolute Gasteiger partial charge is 0.307 e. The molecular formula is C23H39N2O. The minimum absolute atomic E-state index is 0.730. The van der Waals surface area contributed by atoms with E-state index in [1.165, 1.54) is 95.5 Å². The summed E-state index contributed by atoms with van der Waals surface area (Å²) in [6, 6.07) is 7.11. The number of aryl methyl sites for hydroxylation is 1. The summed E-state index contributed by atoms with van der Waals surface area (Å²) in [5.74, 6) is 0. The van der Waals surface area contributed by atoms with Crippen molar-refractivity contribution in [2.24, 2.45) is 0 Å². The van der Waals surface area contributed by atoms with Crippen LogP contribution in [0.1, 0.15) is 102 Å². The van der Waals surface area contributed by atoms with Crippen molar-refractivity contribution in [2.45, 2.75) is 103 Å². The normalized spacial score (nSPS) is 10.8. The number of unbranched alkanes of at least 4 members (excludes halogenated alkanes) is 13. The number of urea groups is 1. The second-order valence-electron chi connectivity index (χ2n) is 7.50. The van der Waals surface area contributed by atoms with Crippen LogP contribution in [0.15, 0.2) is 24.3 Å². The predicted molar refractivity (Wildman–Crippen MR) is 113 cm³/mol. The Morgan fingerprint density at radius 1 is 0.808 bits per heavy atom. The maximum Gasteiger partial charge on any atom is 0.337 e. The van der Waals surface area contributed by atoms with Crippen LogP contribution in [-0.4, -0.2) is 6.03 Å². The van der Waals surface area contributed by atoms with Gasteiger partial charge in [-0.15, -0.1) is 0 Å². The van der Waals surface area contributed by atoms with Crippen LogP contribution in [0.2, 0.25) is 0 Å². The number of carbonyl (C=O) groups excluding carboxylic acids is 1. The zero-order chi connectivity index (χ0) is 18.9. The molecule has 0 fully saturated rings. The highest BCUT2D eigenvalue weighted by atomic mass is 16.2. The first kappa shape index (κ1) is 22.5. The van der Waals surface area contributed by atoms with E-state index < -0.39 is 6.03 Å². The summed E-state index contributed by atoms with van der Waals surface area (Å²) in [5, 5.41) is 2.52. The van der Waals surface area contributed by atoms with Gasteiger partial charge in [-0.1, -0.05) is 103 Å². The Bertz CT molecular complexity index is 473. The molecule has 1 rings (SSSR count). The fourth-order valence-electron chi connectivity index (χ4n) is 3.46. The van der Waals surface area contributed by atoms with E-state index in [2.05, 4.69) is 18.3 Å². The molecule has 0 aliphatic rings. The van der Waals surface area contributed by atoms with E-state index in [9.17, 15) is 4.79 Å². The molecule has 3 nitrogen and oxygen atoms in total. The number of hydrogen-bond acceptors (Lipinski definition) is 1. The molecule has 0 unspecified atom stereocenters. The number of benzene rings is 1. The van der Waals surface area contributed by atoms with E-state index >= 15 is 0 Å². The molecule has 3 heteroatoms. The Labute approximate surface area is 161 Å². The Morgan fingerprint density at radius 3 is 1.81 bits per heavy atom. The highest BCUT2D eigenvalue weighted by molar-refractivity contribution is 5.87. The lowest BCUT2D eigenvalue weighted by Crippen LogP contribution is -2.09. The summed E-state index contributed by atoms with van der Waals surface area (Å²) < 4.78 is 0. The minimum Gasteiger partial charge on any atom is -0.307 e. The van der Waals surface area contributed by atoms with Gasteiger partial charge >= 0.3 is 6.03 Å². The summed E-state index contributed by atoms with van der Waals surface area (Å²) in [5.41, 5.74) is 8.93. The van der Waals surface area contributed by atoms with Crippen molar-refractivity contribution in [1.82, 2.24) is 5.73 Å². The first-order chi connectivity index (χ1) is 12.7. The van der Waals surface area contributed by atoms with Gasteiger partial charge in [-0.05, 0) is 30.5 Å². The lowest BCUT2D eigenvalue weighted by molar-refractivity contribution is 0.258. The number of anilines is 1. The monoisotopic (exact) mass is 359 g/mol. The third kappa shape index (κ3) is 12.8. The molecule has 1 aromatic carbocycles. The van der Waals surface area contributed by atoms with Gasteiger partial charge in [-0.25, -0.2) is 10.5 Å². The van der Waals surface area contributed by atoms with E-state index in [-0.39, 0.29) is 0 Å². The molecule has 0 saturated carbocycles. The highest BCUT2D eigenvalue weighted by Gasteiger charge is 1.99. The van der Waals surface area contributed by atoms with Gasteiger partial charge in [0.15, 0.2) is 0 Å². The van der Waals surface area contributed by atoms with Crippen molar-refractivity contribution in [3.05, 3.63) is 29.8 Å². The maximum atomic E-state index is 10.8. The standard InChI is InChI=1S/C23H39N2O/c1-2-3-4-5-6-7-8-9-10-11-12-13-14-15-17-21-18-16-19-22(20-21)25-23(24)26/h16,18-20,24H,2-15,17H2,1H3,(H,25,26). The van der Waals surface area contributed by atoms with Crippen LogP contribution >= 0.6 is 0 Å². The maximum absolute atomic E-state index is 10.8. The Morgan fingerprint density at radius 2 is 1.31 bits per heavy atom. The zero-order valence-corrected chi connectivity index (χ0v) is 16.8. The molecule has 0 spiro atoms. The molecule has 2 amide bonds. The number of rotatable bonds is 16. The van der Waals surface area contributed by atoms with Crippen LogP contribution in [0, 0.1) is 0 Å². The summed E-state index contributed by atoms with van der Waals surface area (Å²) in [7, 11) is 0. The average Bonchev–Trinajstić information content (AvgIpc) is 2.62. The SMILES string of the molecule is CCCCCCCCCCCCCCCCc1cccc(NC([NH])=O)c1. The fourth-order valence-corrected chi connectivity index (χ4v) is 3.46. The number of hydrogen-bond donors (Lipinski definition) is 1. The molecule has 0 atom stereocenters. The molecule has 0 saturated heterocycles. The summed E-state index contributed by atoms with van der Waals surface area (Å²) in [6.07, 6.45) is 20.4. The molecule has 2 N–H and O–H groups in total. The summed E-state index contributed by atoms with van der Waals surface area (Å²) >= 11 is 0. The van der Waals surface area contributed by atoms with E-state index in [1.807, 2.05) is 18.2 Å². The Hall–Kier alpha value is -1.51. The van der Waals surface area contributed by atoms with Gasteiger partial charge < -0.3 is 5.32 Å². The predicted octanol–water partition coefficient (Wildman–Crippen LogP) is 7.53. The largest absolute Gasteiger partial charge is 0.337 e. The first-order valence-electron chi connectivity index (χ1n) is 10.8. The number of carbonyl (C=O) groups is 1. The van der Waals surface area contributed by atoms with Gasteiger partial charge in [0.2, 0.25) is 0 Å². The second-order valence-corrected chi connectivity index (χ2v) is 7.50. The van der Waals surface area contributed by atoms with Crippen molar-refractivity contribution in [2.75, 3.05) is 5.32 Å². The summed E-state index contributed by atoms with van der Waals surface area (Å²) in [4.78, 5) is 10.8. The quantitative estimate of drug-likeness (QED) is 0.305. The van der Waals surface area contributed by atoms with Crippen LogP contribution in [0.3, 0.4) is 0 Å². The molecule has 26 heavy (non-hydrogen) atoms. The third-order valence-corrected chi connectivity index (χ3v) is 5.00. The summed E-state index contributed by atoms with van der Waals surface area (Å²) in [6.45, 7) is 2.28. The van der Waals surface area contributed by atoms with Crippen LogP contribution in [0.5, 0.6) is 0 Å². The lowest BCUT2D eigenvalue weighted by atomic mass is 10.0. The van der Waals surface area contributed by atoms with Crippen molar-refractivity contribution in [3.8, 4) is 0 Å². The van der Waals surface area contributed by atoms with Crippen molar-refractivity contribution in [3.63, 3.8) is 0 Å². The molecule has 1 aromatic rings. The molecular weight excluding hydrogens is 320 g/mol. The van der Waals surface area contributed by atoms with Gasteiger partial charge in [0.25, 0.3) is 0 Å². The van der Waals surface area contributed by atoms with Crippen LogP contribution in [0.4, 0.5) is 10.5 Å². The zero-order valence-electron chi connectivity index (χ0n) is 16.8. The van der Waals surface area contributed by atoms with Crippen molar-refractivity contribution < 1.29 is 4.79 Å². The third-order valence-electron chi connectivity index (χ3n) is 5.00. The van der Waals surface area contributed by atoms with Crippen molar-refractivity contribution >= 4 is 11.7 Å². The highest BCUT2D eigenvalue weighted by Crippen LogP contribution is 2.16. The van der Waals surface area contributed by atoms with Crippen LogP contribution < -0.4 is 11.1 Å². The first-order valence-corrected chi connectivity index (χ1v) is 10.8. The van der Waals surface area contributed by atoms with Crippen LogP contribution in [0.25, 0.3) is 0 Å². The number of nitrogens with one attached hydrogen (secondary N) is 2. The topological polar surface area (TPSA) is 52.9 Å². The molecule has 0 aliphatic heterocycles. The van der Waals surface area contributed by atoms with Crippen molar-refractivity contribution in [1.29, 1.82) is 0 Å². The van der Waals surface area contributed by atoms with Gasteiger partial charge in [0, 0.05) is 5.69 Å². The average molecular weight is 360 g/mol. The lowest BCUT2D eigenvalue weighted by Gasteiger charge is -2.06. The van der Waals surface area contributed by atoms with Crippen LogP contribution in [-0.2, 0) is 6.42 Å². The van der Waals surface area contributed by atoms with Gasteiger partial charge in [0.1, 0.15) is 0 Å². The fraction of sp³-hybridized carbons (Fsp3) is 0.696. The molecule has 0 aromatic heterocycles. The van der Waals surface area contributed by atoms with E-state index in [4.69, 9.17) is 5.73 Å². The van der Waals surface area contributed by atoms with E-state index in [1.54, 1.807) is 0 Å². The molecule has 0 bridgehead atoms. The number of amides is 2. The van der Waals surface area contributed by atoms with E-state index in [0.717, 1.165) is 12.1 Å². The van der Waals surface area contributed by atoms with Gasteiger partial charge in [0.05, 0.1) is 0 Å². The Balaban J connectivity index is 1.90. The molecule has 0 heterocycles. The van der Waals surface area contributed by atoms with E-state index in [0.29, 0.717) is 0 Å². The van der Waals surface area contributed by atoms with Gasteiger partial charge in [-0.3, -0.25) is 0 Å². The van der Waals surface area contributed by atoms with Gasteiger partial charge in [-0.2, -0.15) is 0 Å². The molecule has 147 valence electrons. The minimum atomic E-state index is -0.751. The second kappa shape index (κ2) is 15.7. The Kier molecular flexibility index (Phi) is 13.6. The molecule has 0 aliphatic carbocycles. The molecule has 1 radical (unpaired) electrons.